The van der Waals surface area contributed by atoms with Crippen LogP contribution in [-0.4, -0.2) is 129 Å². The molecule has 408 valence electrons. The van der Waals surface area contributed by atoms with E-state index in [1.54, 1.807) is 0 Å². The van der Waals surface area contributed by atoms with Crippen molar-refractivity contribution in [3.05, 3.63) is 0 Å². The number of amides is 1. The summed E-state index contributed by atoms with van der Waals surface area (Å²) in [6, 6.07) is 0. The number of thioether (sulfide) groups is 1. The molecule has 0 aromatic carbocycles. The minimum Gasteiger partial charge on any atom is -0.477 e. The summed E-state index contributed by atoms with van der Waals surface area (Å²) in [7, 11) is 3.90. The summed E-state index contributed by atoms with van der Waals surface area (Å²) in [5.41, 5.74) is 0. The molecular weight excluding hydrogens is 915 g/mol. The number of carbonyl (C=O) groups is 6. The quantitative estimate of drug-likeness (QED) is 0.0199. The zero-order chi connectivity index (χ0) is 51.9. The molecule has 0 radical (unpaired) electrons. The topological polar surface area (TPSA) is 188 Å². The summed E-state index contributed by atoms with van der Waals surface area (Å²) in [4.78, 5) is 81.6. The Bertz CT molecular complexity index is 1220. The lowest BCUT2D eigenvalue weighted by Crippen LogP contribution is -2.36. The van der Waals surface area contributed by atoms with Crippen LogP contribution in [0.3, 0.4) is 0 Å². The lowest BCUT2D eigenvalue weighted by atomic mass is 10.1. The Morgan fingerprint density at radius 2 is 0.729 bits per heavy atom. The summed E-state index contributed by atoms with van der Waals surface area (Å²) in [6.07, 6.45) is 24.1. The van der Waals surface area contributed by atoms with E-state index in [2.05, 4.69) is 27.7 Å². The molecule has 0 bridgehead atoms. The van der Waals surface area contributed by atoms with E-state index in [4.69, 9.17) is 33.8 Å². The fraction of sp³-hybridized carbons (Fsp3) is 0.870. The molecule has 0 rings (SSSR count). The highest BCUT2D eigenvalue weighted by molar-refractivity contribution is 8.13. The van der Waals surface area contributed by atoms with E-state index in [0.29, 0.717) is 31.4 Å². The van der Waals surface area contributed by atoms with Gasteiger partial charge >= 0.3 is 29.8 Å². The van der Waals surface area contributed by atoms with Gasteiger partial charge in [-0.3, -0.25) is 34.2 Å². The van der Waals surface area contributed by atoms with Gasteiger partial charge in [-0.15, -0.1) is 0 Å². The Morgan fingerprint density at radius 3 is 1.09 bits per heavy atom. The number of hydrogen-bond donors (Lipinski definition) is 1. The molecule has 0 fully saturated rings. The third kappa shape index (κ3) is 43.4. The van der Waals surface area contributed by atoms with E-state index >= 15 is 0 Å². The first-order valence-corrected chi connectivity index (χ1v) is 28.5. The molecule has 16 heteroatoms. The van der Waals surface area contributed by atoms with Crippen LogP contribution in [0.1, 0.15) is 227 Å². The summed E-state index contributed by atoms with van der Waals surface area (Å²) in [5, 5.41) is 8.01. The highest BCUT2D eigenvalue weighted by atomic mass is 32.2. The average Bonchev–Trinajstić information content (AvgIpc) is 3.33. The van der Waals surface area contributed by atoms with E-state index in [0.717, 1.165) is 147 Å². The lowest BCUT2D eigenvalue weighted by Gasteiger charge is -2.24. The fourth-order valence-electron chi connectivity index (χ4n) is 7.36. The number of hydrogen-bond acceptors (Lipinski definition) is 15. The second kappa shape index (κ2) is 47.9. The number of esters is 5. The molecule has 0 aliphatic heterocycles. The average molecular weight is 1010 g/mol. The first-order valence-electron chi connectivity index (χ1n) is 27.5. The molecule has 0 heterocycles. The molecule has 0 saturated carbocycles. The van der Waals surface area contributed by atoms with Crippen molar-refractivity contribution in [1.29, 1.82) is 5.41 Å². The van der Waals surface area contributed by atoms with Crippen molar-refractivity contribution in [3.63, 3.8) is 0 Å². The molecule has 1 atom stereocenters. The number of nitrogens with zero attached hydrogens (tertiary/aromatic N) is 2. The Labute approximate surface area is 428 Å². The van der Waals surface area contributed by atoms with Crippen LogP contribution in [-0.2, 0) is 52.4 Å². The van der Waals surface area contributed by atoms with Gasteiger partial charge < -0.3 is 38.2 Å². The lowest BCUT2D eigenvalue weighted by molar-refractivity contribution is -0.167. The standard InChI is InChI=1S/C54H99N3O12S/c1-7-11-15-19-23-27-32-48(55)64-42-46(43-65-49(58)33-28-24-20-16-12-8-2)68-52(61)36-39-57(54(63)70-41-31-38-56(5)6)40-37-53(62)69-47(44-66-50(59)34-29-25-21-17-13-9-3)45-67-51(60)35-30-26-22-18-14-10-4/h46-47,55H,7-45H2,1-6H3. The van der Waals surface area contributed by atoms with Gasteiger partial charge in [0.2, 0.25) is 0 Å². The van der Waals surface area contributed by atoms with Crippen LogP contribution >= 0.6 is 11.8 Å². The maximum absolute atomic E-state index is 13.6. The smallest absolute Gasteiger partial charge is 0.308 e. The van der Waals surface area contributed by atoms with Gasteiger partial charge in [0, 0.05) is 44.5 Å². The van der Waals surface area contributed by atoms with Crippen LogP contribution in [0.2, 0.25) is 0 Å². The zero-order valence-electron chi connectivity index (χ0n) is 44.9. The minimum absolute atomic E-state index is 0.0690. The Hall–Kier alpha value is -3.40. The van der Waals surface area contributed by atoms with E-state index in [1.807, 2.05) is 19.0 Å². The van der Waals surface area contributed by atoms with Gasteiger partial charge in [0.25, 0.3) is 5.24 Å². The van der Waals surface area contributed by atoms with E-state index in [-0.39, 0.29) is 82.8 Å². The Morgan fingerprint density at radius 1 is 0.400 bits per heavy atom. The summed E-state index contributed by atoms with van der Waals surface area (Å²) in [5.74, 6) is -1.99. The predicted molar refractivity (Wildman–Crippen MR) is 280 cm³/mol. The van der Waals surface area contributed by atoms with Gasteiger partial charge in [0.15, 0.2) is 18.1 Å². The van der Waals surface area contributed by atoms with Crippen LogP contribution in [0.15, 0.2) is 0 Å². The maximum Gasteiger partial charge on any atom is 0.308 e. The third-order valence-corrected chi connectivity index (χ3v) is 12.7. The molecule has 0 spiro atoms. The molecule has 0 aliphatic rings. The Balaban J connectivity index is 5.74. The highest BCUT2D eigenvalue weighted by Gasteiger charge is 2.24. The predicted octanol–water partition coefficient (Wildman–Crippen LogP) is 12.3. The number of unbranched alkanes of at least 4 members (excludes halogenated alkanes) is 20. The molecule has 0 aliphatic carbocycles. The van der Waals surface area contributed by atoms with Crippen LogP contribution in [0.4, 0.5) is 4.79 Å². The van der Waals surface area contributed by atoms with Crippen LogP contribution in [0.25, 0.3) is 0 Å². The van der Waals surface area contributed by atoms with E-state index in [1.165, 1.54) is 17.7 Å². The van der Waals surface area contributed by atoms with Gasteiger partial charge in [0.1, 0.15) is 26.4 Å². The summed E-state index contributed by atoms with van der Waals surface area (Å²) < 4.78 is 33.6. The largest absolute Gasteiger partial charge is 0.477 e. The number of carbonyl (C=O) groups excluding carboxylic acids is 6. The van der Waals surface area contributed by atoms with Gasteiger partial charge in [0.05, 0.1) is 12.8 Å². The first-order chi connectivity index (χ1) is 33.8. The molecule has 1 unspecified atom stereocenters. The molecular formula is C54H99N3O12S. The molecule has 0 aromatic heterocycles. The number of ether oxygens (including phenoxy) is 6. The Kier molecular flexibility index (Phi) is 45.6. The molecule has 15 nitrogen and oxygen atoms in total. The minimum atomic E-state index is -1.04. The van der Waals surface area contributed by atoms with Crippen molar-refractivity contribution >= 4 is 52.7 Å². The van der Waals surface area contributed by atoms with Gasteiger partial charge in [-0.05, 0) is 52.7 Å². The van der Waals surface area contributed by atoms with Gasteiger partial charge in [-0.25, -0.2) is 0 Å². The van der Waals surface area contributed by atoms with Crippen LogP contribution in [0, 0.1) is 5.41 Å². The van der Waals surface area contributed by atoms with E-state index in [9.17, 15) is 28.8 Å². The maximum atomic E-state index is 13.6. The molecule has 1 N–H and O–H groups in total. The monoisotopic (exact) mass is 1010 g/mol. The molecule has 0 aromatic rings. The first kappa shape index (κ1) is 66.6. The second-order valence-corrected chi connectivity index (χ2v) is 19.9. The normalized spacial score (nSPS) is 11.6. The number of nitrogens with one attached hydrogen (secondary N) is 1. The van der Waals surface area contributed by atoms with Crippen molar-refractivity contribution in [2.45, 2.75) is 239 Å². The van der Waals surface area contributed by atoms with Crippen molar-refractivity contribution in [3.8, 4) is 0 Å². The number of rotatable bonds is 48. The SMILES string of the molecule is CCCCCCCCC(=N)OCC(COC(=O)CCCCCCCC)OC(=O)CCN(CCC(=O)OC(COC(=O)CCCCCCCC)COC(=O)CCCCCCCC)C(=O)SCCCN(C)C. The van der Waals surface area contributed by atoms with Crippen LogP contribution < -0.4 is 0 Å². The van der Waals surface area contributed by atoms with Gasteiger partial charge in [-0.1, -0.05) is 168 Å². The van der Waals surface area contributed by atoms with Crippen molar-refractivity contribution in [1.82, 2.24) is 9.80 Å². The second-order valence-electron chi connectivity index (χ2n) is 18.8. The molecule has 1 amide bonds. The van der Waals surface area contributed by atoms with Crippen molar-refractivity contribution in [2.24, 2.45) is 0 Å². The molecule has 0 saturated heterocycles. The summed E-state index contributed by atoms with van der Waals surface area (Å²) >= 11 is 1.09. The van der Waals surface area contributed by atoms with E-state index < -0.39 is 42.1 Å². The van der Waals surface area contributed by atoms with Crippen LogP contribution in [0.5, 0.6) is 0 Å². The third-order valence-electron chi connectivity index (χ3n) is 11.7. The highest BCUT2D eigenvalue weighted by Crippen LogP contribution is 2.16. The van der Waals surface area contributed by atoms with Crippen molar-refractivity contribution in [2.75, 3.05) is 65.9 Å². The fourth-order valence-corrected chi connectivity index (χ4v) is 8.17. The van der Waals surface area contributed by atoms with Gasteiger partial charge in [-0.2, -0.15) is 0 Å². The zero-order valence-corrected chi connectivity index (χ0v) is 45.8. The molecule has 70 heavy (non-hydrogen) atoms. The summed E-state index contributed by atoms with van der Waals surface area (Å²) in [6.45, 7) is 8.30. The van der Waals surface area contributed by atoms with Crippen molar-refractivity contribution < 1.29 is 57.2 Å².